The van der Waals surface area contributed by atoms with E-state index in [9.17, 15) is 4.79 Å². The highest BCUT2D eigenvalue weighted by Crippen LogP contribution is 2.05. The molecule has 0 bridgehead atoms. The van der Waals surface area contributed by atoms with E-state index in [1.807, 2.05) is 20.8 Å². The fraction of sp³-hybridized carbons (Fsp3) is 0.625. The Balaban J connectivity index is 3.80. The van der Waals surface area contributed by atoms with Crippen molar-refractivity contribution in [3.8, 4) is 0 Å². The quantitative estimate of drug-likeness (QED) is 0.684. The second-order valence-electron chi connectivity index (χ2n) is 3.49. The molecule has 0 rings (SSSR count). The van der Waals surface area contributed by atoms with E-state index in [1.165, 1.54) is 0 Å². The van der Waals surface area contributed by atoms with Crippen molar-refractivity contribution in [1.82, 2.24) is 5.32 Å². The smallest absolute Gasteiger partial charge is 0.225 e. The highest BCUT2D eigenvalue weighted by molar-refractivity contribution is 6.30. The van der Waals surface area contributed by atoms with Crippen LogP contribution < -0.4 is 5.32 Å². The average molecular weight is 176 g/mol. The molecule has 0 saturated heterocycles. The molecule has 64 valence electrons. The van der Waals surface area contributed by atoms with E-state index in [0.717, 1.165) is 0 Å². The van der Waals surface area contributed by atoms with E-state index in [4.69, 9.17) is 11.6 Å². The minimum atomic E-state index is -0.191. The second-order valence-corrected chi connectivity index (χ2v) is 4.03. The van der Waals surface area contributed by atoms with Crippen LogP contribution >= 0.6 is 11.6 Å². The summed E-state index contributed by atoms with van der Waals surface area (Å²) in [7, 11) is 0. The molecule has 0 aromatic heterocycles. The highest BCUT2D eigenvalue weighted by Gasteiger charge is 2.13. The molecular formula is C8H14ClNO. The number of carbonyl (C=O) groups is 1. The highest BCUT2D eigenvalue weighted by atomic mass is 35.5. The molecule has 0 atom stereocenters. The van der Waals surface area contributed by atoms with Gasteiger partial charge in [0.05, 0.1) is 6.42 Å². The van der Waals surface area contributed by atoms with Gasteiger partial charge < -0.3 is 5.32 Å². The standard InChI is InChI=1S/C8H14ClNO/c1-6(9)5-7(11)10-8(2,3)4/h1,5H2,2-4H3,(H,10,11). The fourth-order valence-electron chi connectivity index (χ4n) is 0.637. The first kappa shape index (κ1) is 10.5. The normalized spacial score (nSPS) is 10.9. The first-order chi connectivity index (χ1) is 4.81. The van der Waals surface area contributed by atoms with Gasteiger partial charge in [0.1, 0.15) is 0 Å². The Kier molecular flexibility index (Phi) is 3.59. The van der Waals surface area contributed by atoms with Gasteiger partial charge in [-0.1, -0.05) is 18.2 Å². The van der Waals surface area contributed by atoms with E-state index in [1.54, 1.807) is 0 Å². The van der Waals surface area contributed by atoms with Crippen molar-refractivity contribution in [2.75, 3.05) is 0 Å². The zero-order chi connectivity index (χ0) is 9.07. The minimum absolute atomic E-state index is 0.0856. The third kappa shape index (κ3) is 7.40. The van der Waals surface area contributed by atoms with Crippen LogP contribution in [0.4, 0.5) is 0 Å². The van der Waals surface area contributed by atoms with Gasteiger partial charge in [-0.25, -0.2) is 0 Å². The van der Waals surface area contributed by atoms with Crippen LogP contribution in [-0.4, -0.2) is 11.4 Å². The summed E-state index contributed by atoms with van der Waals surface area (Å²) in [6, 6.07) is 0. The minimum Gasteiger partial charge on any atom is -0.351 e. The number of rotatable bonds is 2. The zero-order valence-corrected chi connectivity index (χ0v) is 7.96. The third-order valence-corrected chi connectivity index (χ3v) is 1.00. The largest absolute Gasteiger partial charge is 0.351 e. The van der Waals surface area contributed by atoms with E-state index in [-0.39, 0.29) is 17.9 Å². The van der Waals surface area contributed by atoms with Gasteiger partial charge in [0.25, 0.3) is 0 Å². The summed E-state index contributed by atoms with van der Waals surface area (Å²) in [5, 5.41) is 3.13. The Morgan fingerprint density at radius 3 is 2.27 bits per heavy atom. The molecule has 0 saturated carbocycles. The molecule has 0 spiro atoms. The Morgan fingerprint density at radius 2 is 2.00 bits per heavy atom. The molecule has 0 fully saturated rings. The van der Waals surface area contributed by atoms with Crippen LogP contribution in [0, 0.1) is 0 Å². The van der Waals surface area contributed by atoms with Gasteiger partial charge in [-0.2, -0.15) is 0 Å². The molecule has 1 N–H and O–H groups in total. The van der Waals surface area contributed by atoms with Crippen LogP contribution in [0.1, 0.15) is 27.2 Å². The lowest BCUT2D eigenvalue weighted by Gasteiger charge is -2.20. The zero-order valence-electron chi connectivity index (χ0n) is 7.20. The van der Waals surface area contributed by atoms with Crippen molar-refractivity contribution in [1.29, 1.82) is 0 Å². The molecule has 0 aliphatic heterocycles. The maximum Gasteiger partial charge on any atom is 0.225 e. The van der Waals surface area contributed by atoms with Gasteiger partial charge in [-0.15, -0.1) is 0 Å². The summed E-state index contributed by atoms with van der Waals surface area (Å²) in [5.74, 6) is -0.0856. The number of hydrogen-bond donors (Lipinski definition) is 1. The lowest BCUT2D eigenvalue weighted by molar-refractivity contribution is -0.121. The molecule has 1 amide bonds. The van der Waals surface area contributed by atoms with Gasteiger partial charge in [0, 0.05) is 10.6 Å². The molecule has 0 aromatic carbocycles. The van der Waals surface area contributed by atoms with Gasteiger partial charge in [-0.05, 0) is 20.8 Å². The Hall–Kier alpha value is -0.500. The van der Waals surface area contributed by atoms with Gasteiger partial charge in [0.15, 0.2) is 0 Å². The maximum absolute atomic E-state index is 11.0. The Bertz CT molecular complexity index is 169. The summed E-state index contributed by atoms with van der Waals surface area (Å²) < 4.78 is 0. The molecule has 0 aromatic rings. The second kappa shape index (κ2) is 3.77. The molecule has 0 unspecified atom stereocenters. The third-order valence-electron chi connectivity index (χ3n) is 0.867. The van der Waals surface area contributed by atoms with Crippen LogP contribution in [0.25, 0.3) is 0 Å². The van der Waals surface area contributed by atoms with Gasteiger partial charge in [0.2, 0.25) is 5.91 Å². The predicted octanol–water partition coefficient (Wildman–Crippen LogP) is 2.04. The van der Waals surface area contributed by atoms with Crippen molar-refractivity contribution < 1.29 is 4.79 Å². The van der Waals surface area contributed by atoms with Crippen LogP contribution in [0.15, 0.2) is 11.6 Å². The van der Waals surface area contributed by atoms with Crippen molar-refractivity contribution in [2.24, 2.45) is 0 Å². The van der Waals surface area contributed by atoms with E-state index in [2.05, 4.69) is 11.9 Å². The van der Waals surface area contributed by atoms with Crippen LogP contribution in [0.3, 0.4) is 0 Å². The van der Waals surface area contributed by atoms with Gasteiger partial charge in [-0.3, -0.25) is 4.79 Å². The number of amides is 1. The Labute approximate surface area is 72.6 Å². The lowest BCUT2D eigenvalue weighted by atomic mass is 10.1. The first-order valence-corrected chi connectivity index (χ1v) is 3.83. The molecule has 11 heavy (non-hydrogen) atoms. The summed E-state index contributed by atoms with van der Waals surface area (Å²) >= 11 is 5.45. The Morgan fingerprint density at radius 1 is 1.55 bits per heavy atom. The number of nitrogens with one attached hydrogen (secondary N) is 1. The maximum atomic E-state index is 11.0. The first-order valence-electron chi connectivity index (χ1n) is 3.45. The number of halogens is 1. The van der Waals surface area contributed by atoms with Crippen LogP contribution in [-0.2, 0) is 4.79 Å². The summed E-state index contributed by atoms with van der Waals surface area (Å²) in [6.45, 7) is 9.19. The van der Waals surface area contributed by atoms with Crippen molar-refractivity contribution in [3.63, 3.8) is 0 Å². The summed E-state index contributed by atoms with van der Waals surface area (Å²) in [4.78, 5) is 11.0. The molecular weight excluding hydrogens is 162 g/mol. The van der Waals surface area contributed by atoms with Crippen LogP contribution in [0.2, 0.25) is 0 Å². The van der Waals surface area contributed by atoms with Crippen molar-refractivity contribution in [3.05, 3.63) is 11.6 Å². The molecule has 0 aliphatic carbocycles. The molecule has 0 aliphatic rings. The van der Waals surface area contributed by atoms with E-state index < -0.39 is 0 Å². The van der Waals surface area contributed by atoms with Gasteiger partial charge >= 0.3 is 0 Å². The fourth-order valence-corrected chi connectivity index (χ4v) is 0.758. The van der Waals surface area contributed by atoms with Crippen molar-refractivity contribution >= 4 is 17.5 Å². The molecule has 3 heteroatoms. The SMILES string of the molecule is C=C(Cl)CC(=O)NC(C)(C)C. The molecule has 2 nitrogen and oxygen atoms in total. The number of carbonyl (C=O) groups excluding carboxylic acids is 1. The van der Waals surface area contributed by atoms with Crippen molar-refractivity contribution in [2.45, 2.75) is 32.7 Å². The number of hydrogen-bond acceptors (Lipinski definition) is 1. The summed E-state index contributed by atoms with van der Waals surface area (Å²) in [6.07, 6.45) is 0.193. The topological polar surface area (TPSA) is 29.1 Å². The predicted molar refractivity (Wildman–Crippen MR) is 47.5 cm³/mol. The average Bonchev–Trinajstić information content (AvgIpc) is 1.53. The summed E-state index contributed by atoms with van der Waals surface area (Å²) in [5.41, 5.74) is -0.191. The van der Waals surface area contributed by atoms with E-state index >= 15 is 0 Å². The van der Waals surface area contributed by atoms with Crippen LogP contribution in [0.5, 0.6) is 0 Å². The monoisotopic (exact) mass is 175 g/mol. The lowest BCUT2D eigenvalue weighted by Crippen LogP contribution is -2.40. The van der Waals surface area contributed by atoms with E-state index in [0.29, 0.717) is 5.03 Å². The molecule has 0 radical (unpaired) electrons. The molecule has 0 heterocycles.